The monoisotopic (exact) mass is 944 g/mol. The Labute approximate surface area is 385 Å². The van der Waals surface area contributed by atoms with Crippen LogP contribution in [0.1, 0.15) is 99.8 Å². The van der Waals surface area contributed by atoms with E-state index in [1.54, 1.807) is 0 Å². The Morgan fingerprint density at radius 1 is 0.697 bits per heavy atom. The number of aliphatic carboxylic acids is 1. The minimum absolute atomic E-state index is 0.0137. The van der Waals surface area contributed by atoms with Crippen molar-refractivity contribution in [2.24, 2.45) is 50.2 Å². The summed E-state index contributed by atoms with van der Waals surface area (Å²) in [4.78, 5) is 13.2. The molecule has 8 aliphatic rings. The minimum atomic E-state index is -1.85. The Kier molecular flexibility index (Phi) is 13.6. The molecule has 3 heterocycles. The van der Waals surface area contributed by atoms with Crippen LogP contribution < -0.4 is 0 Å². The smallest absolute Gasteiger partial charge is 0.312 e. The molecule has 0 bridgehead atoms. The largest absolute Gasteiger partial charge is 0.481 e. The first-order chi connectivity index (χ1) is 30.7. The van der Waals surface area contributed by atoms with Crippen LogP contribution in [0.3, 0.4) is 0 Å². The molecule has 0 spiro atoms. The van der Waals surface area contributed by atoms with Crippen molar-refractivity contribution in [1.29, 1.82) is 0 Å². The molecule has 0 aromatic heterocycles. The van der Waals surface area contributed by atoms with Crippen LogP contribution in [0.15, 0.2) is 11.6 Å². The van der Waals surface area contributed by atoms with Crippen LogP contribution >= 0.6 is 0 Å². The molecule has 0 radical (unpaired) electrons. The van der Waals surface area contributed by atoms with Gasteiger partial charge in [-0.1, -0.05) is 60.1 Å². The number of hydrogen-bond acceptors (Lipinski definition) is 18. The van der Waals surface area contributed by atoms with Crippen LogP contribution in [0.2, 0.25) is 0 Å². The second kappa shape index (κ2) is 17.7. The van der Waals surface area contributed by atoms with Gasteiger partial charge in [-0.15, -0.1) is 0 Å². The summed E-state index contributed by atoms with van der Waals surface area (Å²) < 4.78 is 36.0. The van der Waals surface area contributed by atoms with E-state index in [0.717, 1.165) is 18.4 Å². The van der Waals surface area contributed by atoms with E-state index in [-0.39, 0.29) is 42.1 Å². The number of carboxylic acids is 1. The molecule has 66 heavy (non-hydrogen) atoms. The first kappa shape index (κ1) is 50.9. The summed E-state index contributed by atoms with van der Waals surface area (Å²) in [6.07, 6.45) is -18.5. The maximum atomic E-state index is 13.2. The molecule has 8 rings (SSSR count). The number of rotatable bonds is 9. The highest BCUT2D eigenvalue weighted by Crippen LogP contribution is 2.76. The third-order valence-electron chi connectivity index (χ3n) is 19.2. The Bertz CT molecular complexity index is 1810. The first-order valence-corrected chi connectivity index (χ1v) is 23.9. The fourth-order valence-corrected chi connectivity index (χ4v) is 14.8. The van der Waals surface area contributed by atoms with E-state index >= 15 is 0 Å². The second-order valence-electron chi connectivity index (χ2n) is 23.2. The summed E-state index contributed by atoms with van der Waals surface area (Å²) in [5.41, 5.74) is -2.64. The number of allylic oxidation sites excluding steroid dienone is 2. The molecule has 0 amide bonds. The molecule has 0 aromatic carbocycles. The minimum Gasteiger partial charge on any atom is -0.481 e. The van der Waals surface area contributed by atoms with Crippen LogP contribution in [0.5, 0.6) is 0 Å². The van der Waals surface area contributed by atoms with E-state index in [0.29, 0.717) is 25.7 Å². The first-order valence-electron chi connectivity index (χ1n) is 23.9. The predicted molar refractivity (Wildman–Crippen MR) is 227 cm³/mol. The van der Waals surface area contributed by atoms with Gasteiger partial charge in [0.15, 0.2) is 18.9 Å². The van der Waals surface area contributed by atoms with Crippen LogP contribution in [-0.4, -0.2) is 191 Å². The summed E-state index contributed by atoms with van der Waals surface area (Å²) in [5, 5.41) is 130. The lowest BCUT2D eigenvalue weighted by Crippen LogP contribution is -2.69. The number of hydrogen-bond donors (Lipinski definition) is 12. The van der Waals surface area contributed by atoms with E-state index in [2.05, 4.69) is 40.7 Å². The Morgan fingerprint density at radius 2 is 1.35 bits per heavy atom. The molecule has 3 aliphatic heterocycles. The number of ether oxygens (including phenoxy) is 6. The Hall–Kier alpha value is -1.47. The fourth-order valence-electron chi connectivity index (χ4n) is 14.8. The van der Waals surface area contributed by atoms with Gasteiger partial charge in [-0.25, -0.2) is 0 Å². The normalized spacial score (nSPS) is 54.5. The van der Waals surface area contributed by atoms with Gasteiger partial charge in [0, 0.05) is 0 Å². The van der Waals surface area contributed by atoms with Crippen molar-refractivity contribution in [3.63, 3.8) is 0 Å². The van der Waals surface area contributed by atoms with Crippen molar-refractivity contribution in [3.8, 4) is 0 Å². The Balaban J connectivity index is 1.06. The maximum Gasteiger partial charge on any atom is 0.312 e. The standard InChI is InChI=1S/C47H76O19/c1-42(2)14-21-20-8-9-26-44(5)12-11-29(43(3,4)25(44)10-13-45(26,6)46(20,7)15-28(51)47(21,41(59)60)16-27(42)50)65-40-37(66-39-36(58)33(55)31(53)23(17-48)63-39)34(56)32(54)24(64-40)19-62-38-35(57)30(52)22(49)18-61-38/h8,21-40,48-58H,9-19H2,1-7H3,(H,59,60)/t21-,22-,23+,24+,25-,26+,27-,28+,29-,30-,31+,32+,33-,34-,35+,36+,37+,38-,39-,40-,44-,45+,46+,47+/m0/s1. The molecule has 3 saturated heterocycles. The van der Waals surface area contributed by atoms with E-state index < -0.39 is 151 Å². The van der Waals surface area contributed by atoms with Crippen LogP contribution in [0, 0.1) is 50.2 Å². The molecule has 24 atom stereocenters. The fraction of sp³-hybridized carbons (Fsp3) is 0.936. The molecular weight excluding hydrogens is 868 g/mol. The zero-order valence-corrected chi connectivity index (χ0v) is 39.1. The van der Waals surface area contributed by atoms with Gasteiger partial charge in [0.25, 0.3) is 0 Å². The van der Waals surface area contributed by atoms with Gasteiger partial charge in [-0.2, -0.15) is 0 Å². The Morgan fingerprint density at radius 3 is 2.02 bits per heavy atom. The third-order valence-corrected chi connectivity index (χ3v) is 19.2. The van der Waals surface area contributed by atoms with Gasteiger partial charge >= 0.3 is 5.97 Å². The molecular formula is C47H76O19. The number of fused-ring (bicyclic) bond motifs is 7. The van der Waals surface area contributed by atoms with Gasteiger partial charge < -0.3 is 89.7 Å². The number of aliphatic hydroxyl groups excluding tert-OH is 11. The zero-order valence-electron chi connectivity index (χ0n) is 39.1. The van der Waals surface area contributed by atoms with Gasteiger partial charge in [0.1, 0.15) is 72.6 Å². The van der Waals surface area contributed by atoms with Crippen molar-refractivity contribution < 1.29 is 94.5 Å². The molecule has 378 valence electrons. The number of carboxylic acid groups (broad SMARTS) is 1. The van der Waals surface area contributed by atoms with Crippen molar-refractivity contribution in [2.75, 3.05) is 19.8 Å². The summed E-state index contributed by atoms with van der Waals surface area (Å²) in [6.45, 7) is 13.5. The van der Waals surface area contributed by atoms with E-state index in [9.17, 15) is 66.1 Å². The van der Waals surface area contributed by atoms with Gasteiger partial charge in [-0.05, 0) is 96.2 Å². The van der Waals surface area contributed by atoms with Crippen LogP contribution in [0.25, 0.3) is 0 Å². The molecule has 0 aromatic rings. The maximum absolute atomic E-state index is 13.2. The van der Waals surface area contributed by atoms with Crippen LogP contribution in [0.4, 0.5) is 0 Å². The van der Waals surface area contributed by atoms with E-state index in [1.807, 2.05) is 13.8 Å². The molecule has 12 N–H and O–H groups in total. The molecule has 19 heteroatoms. The van der Waals surface area contributed by atoms with Gasteiger partial charge in [0.05, 0.1) is 38.1 Å². The number of carbonyl (C=O) groups is 1. The molecule has 0 unspecified atom stereocenters. The van der Waals surface area contributed by atoms with Crippen molar-refractivity contribution in [1.82, 2.24) is 0 Å². The average molecular weight is 945 g/mol. The lowest BCUT2D eigenvalue weighted by Gasteiger charge is -2.72. The summed E-state index contributed by atoms with van der Waals surface area (Å²) in [6, 6.07) is 0. The lowest BCUT2D eigenvalue weighted by atomic mass is 9.33. The molecule has 19 nitrogen and oxygen atoms in total. The third kappa shape index (κ3) is 7.68. The van der Waals surface area contributed by atoms with Gasteiger partial charge in [-0.3, -0.25) is 4.79 Å². The van der Waals surface area contributed by atoms with Crippen molar-refractivity contribution in [2.45, 2.75) is 204 Å². The summed E-state index contributed by atoms with van der Waals surface area (Å²) >= 11 is 0. The molecule has 7 fully saturated rings. The van der Waals surface area contributed by atoms with Crippen molar-refractivity contribution in [3.05, 3.63) is 11.6 Å². The highest BCUT2D eigenvalue weighted by molar-refractivity contribution is 5.78. The average Bonchev–Trinajstić information content (AvgIpc) is 3.24. The molecule has 5 aliphatic carbocycles. The summed E-state index contributed by atoms with van der Waals surface area (Å²) in [5.74, 6) is -1.32. The quantitative estimate of drug-likeness (QED) is 0.100. The predicted octanol–water partition coefficient (Wildman–Crippen LogP) is -0.713. The highest BCUT2D eigenvalue weighted by Gasteiger charge is 2.72. The van der Waals surface area contributed by atoms with Gasteiger partial charge in [0.2, 0.25) is 0 Å². The van der Waals surface area contributed by atoms with Crippen molar-refractivity contribution >= 4 is 5.97 Å². The summed E-state index contributed by atoms with van der Waals surface area (Å²) in [7, 11) is 0. The number of aliphatic hydroxyl groups is 11. The van der Waals surface area contributed by atoms with E-state index in [4.69, 9.17) is 28.4 Å². The SMILES string of the molecule is CC1(C)C[C@H]2C3=CC[C@@H]4[C@@]5(C)CC[C@H](O[C@@H]6O[C@H](CO[C@@H]7OC[C@H](O)[C@H](O)[C@H]7O)[C@@H](O)[C@H](O)[C@H]6O[C@@H]6O[C@H](CO)[C@@H](O)[C@H](O)[C@H]6O)C(C)(C)[C@@H]5CC[C@@]4(C)[C@]3(C)C[C@@H](O)[C@@]2(C(=O)O)C[C@@H]1O. The second-order valence-corrected chi connectivity index (χ2v) is 23.2. The van der Waals surface area contributed by atoms with E-state index in [1.165, 1.54) is 0 Å². The van der Waals surface area contributed by atoms with Crippen LogP contribution in [-0.2, 0) is 33.2 Å². The topological polar surface area (TPSA) is 315 Å². The lowest BCUT2D eigenvalue weighted by molar-refractivity contribution is -0.381. The zero-order chi connectivity index (χ0) is 48.4. The molecule has 4 saturated carbocycles. The highest BCUT2D eigenvalue weighted by atomic mass is 16.8.